The summed E-state index contributed by atoms with van der Waals surface area (Å²) in [4.78, 5) is 27.5. The van der Waals surface area contributed by atoms with Crippen LogP contribution in [-0.4, -0.2) is 16.0 Å². The molecule has 1 saturated heterocycles. The molecule has 1 fully saturated rings. The predicted molar refractivity (Wildman–Crippen MR) is 148 cm³/mol. The molecule has 36 heavy (non-hydrogen) atoms. The van der Waals surface area contributed by atoms with Gasteiger partial charge in [-0.15, -0.1) is 0 Å². The van der Waals surface area contributed by atoms with E-state index in [-0.39, 0.29) is 17.7 Å². The van der Waals surface area contributed by atoms with Crippen LogP contribution in [0.25, 0.3) is 16.8 Å². The summed E-state index contributed by atoms with van der Waals surface area (Å²) in [6, 6.07) is 24.2. The number of halogens is 3. The Labute approximate surface area is 227 Å². The number of hydrogen-bond donors (Lipinski definition) is 0. The molecule has 4 nitrogen and oxygen atoms in total. The van der Waals surface area contributed by atoms with Crippen molar-refractivity contribution in [2.75, 3.05) is 0 Å². The number of imide groups is 1. The Bertz CT molecular complexity index is 1520. The normalized spacial score (nSPS) is 14.8. The zero-order valence-corrected chi connectivity index (χ0v) is 21.8. The summed E-state index contributed by atoms with van der Waals surface area (Å²) in [5, 5.41) is 3.01. The average molecular weight is 555 g/mol. The molecule has 4 aromatic carbocycles. The number of ether oxygens (including phenoxy) is 1. The van der Waals surface area contributed by atoms with Crippen molar-refractivity contribution >= 4 is 74.6 Å². The number of carbonyl (C=O) groups is 2. The van der Waals surface area contributed by atoms with E-state index in [0.717, 1.165) is 33.7 Å². The molecule has 8 heteroatoms. The highest BCUT2D eigenvalue weighted by atomic mass is 35.5. The quantitative estimate of drug-likeness (QED) is 0.224. The van der Waals surface area contributed by atoms with E-state index < -0.39 is 0 Å². The van der Waals surface area contributed by atoms with Crippen LogP contribution in [0.1, 0.15) is 16.7 Å². The van der Waals surface area contributed by atoms with Crippen molar-refractivity contribution in [1.82, 2.24) is 4.90 Å². The first-order valence-electron chi connectivity index (χ1n) is 11.0. The van der Waals surface area contributed by atoms with Crippen LogP contribution in [0.3, 0.4) is 0 Å². The lowest BCUT2D eigenvalue weighted by atomic mass is 10.0. The van der Waals surface area contributed by atoms with Gasteiger partial charge >= 0.3 is 0 Å². The van der Waals surface area contributed by atoms with E-state index in [2.05, 4.69) is 0 Å². The summed E-state index contributed by atoms with van der Waals surface area (Å²) >= 11 is 19.0. The van der Waals surface area contributed by atoms with Gasteiger partial charge in [-0.2, -0.15) is 0 Å². The van der Waals surface area contributed by atoms with Gasteiger partial charge in [0.1, 0.15) is 12.4 Å². The number of amides is 2. The fourth-order valence-corrected chi connectivity index (χ4v) is 5.15. The van der Waals surface area contributed by atoms with E-state index >= 15 is 0 Å². The Morgan fingerprint density at radius 3 is 2.36 bits per heavy atom. The van der Waals surface area contributed by atoms with Gasteiger partial charge in [0.2, 0.25) is 0 Å². The number of carbonyl (C=O) groups excluding carboxylic acids is 2. The largest absolute Gasteiger partial charge is 0.488 e. The number of rotatable bonds is 6. The molecule has 0 spiro atoms. The maximum absolute atomic E-state index is 13.2. The molecular formula is C28H18Cl3NO3S. The summed E-state index contributed by atoms with van der Waals surface area (Å²) in [6.07, 6.45) is 1.74. The van der Waals surface area contributed by atoms with E-state index in [1.54, 1.807) is 24.3 Å². The first kappa shape index (κ1) is 24.7. The Hall–Kier alpha value is -2.96. The van der Waals surface area contributed by atoms with Gasteiger partial charge in [-0.25, -0.2) is 0 Å². The van der Waals surface area contributed by atoms with Gasteiger partial charge in [0.15, 0.2) is 0 Å². The topological polar surface area (TPSA) is 46.6 Å². The van der Waals surface area contributed by atoms with Crippen LogP contribution < -0.4 is 4.74 Å². The fourth-order valence-electron chi connectivity index (χ4n) is 3.88. The van der Waals surface area contributed by atoms with Gasteiger partial charge in [0.25, 0.3) is 11.1 Å². The third kappa shape index (κ3) is 5.25. The molecule has 1 heterocycles. The third-order valence-corrected chi connectivity index (χ3v) is 7.61. The second-order valence-electron chi connectivity index (χ2n) is 8.13. The van der Waals surface area contributed by atoms with Gasteiger partial charge in [-0.1, -0.05) is 83.3 Å². The number of fused-ring (bicyclic) bond motifs is 1. The molecule has 0 N–H and O–H groups in total. The SMILES string of the molecule is O=C1S/C(=C\c2c(OCc3ccc(Cl)cc3)ccc3ccccc23)C(=O)N1Cc1ccc(Cl)c(Cl)c1. The Kier molecular flexibility index (Phi) is 7.26. The van der Waals surface area contributed by atoms with Crippen molar-refractivity contribution in [2.24, 2.45) is 0 Å². The van der Waals surface area contributed by atoms with E-state index in [1.165, 1.54) is 4.90 Å². The molecule has 0 bridgehead atoms. The minimum absolute atomic E-state index is 0.106. The molecule has 5 rings (SSSR count). The minimum Gasteiger partial charge on any atom is -0.488 e. The maximum Gasteiger partial charge on any atom is 0.293 e. The second-order valence-corrected chi connectivity index (χ2v) is 10.4. The van der Waals surface area contributed by atoms with Crippen LogP contribution in [0, 0.1) is 0 Å². The number of hydrogen-bond acceptors (Lipinski definition) is 4. The summed E-state index contributed by atoms with van der Waals surface area (Å²) in [5.41, 5.74) is 2.41. The van der Waals surface area contributed by atoms with Crippen LogP contribution >= 0.6 is 46.6 Å². The molecule has 0 aromatic heterocycles. The highest BCUT2D eigenvalue weighted by Crippen LogP contribution is 2.38. The Morgan fingerprint density at radius 1 is 0.833 bits per heavy atom. The predicted octanol–water partition coefficient (Wildman–Crippen LogP) is 8.62. The smallest absolute Gasteiger partial charge is 0.293 e. The molecule has 180 valence electrons. The maximum atomic E-state index is 13.2. The zero-order chi connectivity index (χ0) is 25.2. The minimum atomic E-state index is -0.368. The summed E-state index contributed by atoms with van der Waals surface area (Å²) in [7, 11) is 0. The van der Waals surface area contributed by atoms with Gasteiger partial charge in [0, 0.05) is 10.6 Å². The summed E-state index contributed by atoms with van der Waals surface area (Å²) < 4.78 is 6.16. The first-order valence-corrected chi connectivity index (χ1v) is 12.9. The van der Waals surface area contributed by atoms with E-state index in [0.29, 0.717) is 37.9 Å². The molecule has 1 aliphatic rings. The highest BCUT2D eigenvalue weighted by Gasteiger charge is 2.35. The van der Waals surface area contributed by atoms with Crippen LogP contribution in [0.2, 0.25) is 15.1 Å². The monoisotopic (exact) mass is 553 g/mol. The lowest BCUT2D eigenvalue weighted by Crippen LogP contribution is -2.27. The van der Waals surface area contributed by atoms with Crippen LogP contribution in [0.4, 0.5) is 4.79 Å². The van der Waals surface area contributed by atoms with Crippen LogP contribution in [-0.2, 0) is 17.9 Å². The van der Waals surface area contributed by atoms with E-state index in [9.17, 15) is 9.59 Å². The van der Waals surface area contributed by atoms with Gasteiger partial charge < -0.3 is 4.74 Å². The lowest BCUT2D eigenvalue weighted by molar-refractivity contribution is -0.123. The third-order valence-electron chi connectivity index (χ3n) is 5.71. The number of nitrogens with zero attached hydrogens (tertiary/aromatic N) is 1. The van der Waals surface area contributed by atoms with Gasteiger partial charge in [-0.3, -0.25) is 14.5 Å². The highest BCUT2D eigenvalue weighted by molar-refractivity contribution is 8.18. The molecular weight excluding hydrogens is 537 g/mol. The molecule has 0 atom stereocenters. The van der Waals surface area contributed by atoms with Crippen molar-refractivity contribution in [1.29, 1.82) is 0 Å². The lowest BCUT2D eigenvalue weighted by Gasteiger charge is -2.14. The van der Waals surface area contributed by atoms with Crippen molar-refractivity contribution in [3.8, 4) is 5.75 Å². The Balaban J connectivity index is 1.46. The number of thioether (sulfide) groups is 1. The van der Waals surface area contributed by atoms with Crippen molar-refractivity contribution in [2.45, 2.75) is 13.2 Å². The van der Waals surface area contributed by atoms with Gasteiger partial charge in [0.05, 0.1) is 21.5 Å². The second kappa shape index (κ2) is 10.6. The fraction of sp³-hybridized carbons (Fsp3) is 0.0714. The zero-order valence-electron chi connectivity index (χ0n) is 18.7. The average Bonchev–Trinajstić information content (AvgIpc) is 3.14. The van der Waals surface area contributed by atoms with E-state index in [4.69, 9.17) is 39.5 Å². The van der Waals surface area contributed by atoms with Crippen LogP contribution in [0.15, 0.2) is 83.8 Å². The standard InChI is InChI=1S/C28H18Cl3NO3S/c29-20-9-5-17(6-10-20)16-35-25-12-8-19-3-1-2-4-21(19)22(25)14-26-27(33)32(28(34)36-26)15-18-7-11-23(30)24(31)13-18/h1-14H,15-16H2/b26-14-. The van der Waals surface area contributed by atoms with Crippen molar-refractivity contribution in [3.63, 3.8) is 0 Å². The Morgan fingerprint density at radius 2 is 1.58 bits per heavy atom. The summed E-state index contributed by atoms with van der Waals surface area (Å²) in [5.74, 6) is 0.243. The van der Waals surface area contributed by atoms with Crippen LogP contribution in [0.5, 0.6) is 5.75 Å². The summed E-state index contributed by atoms with van der Waals surface area (Å²) in [6.45, 7) is 0.434. The first-order chi connectivity index (χ1) is 17.4. The molecule has 4 aromatic rings. The molecule has 0 radical (unpaired) electrons. The van der Waals surface area contributed by atoms with Gasteiger partial charge in [-0.05, 0) is 70.1 Å². The van der Waals surface area contributed by atoms with Crippen molar-refractivity contribution < 1.29 is 14.3 Å². The number of benzene rings is 4. The molecule has 1 aliphatic heterocycles. The van der Waals surface area contributed by atoms with Crippen molar-refractivity contribution in [3.05, 3.63) is 116 Å². The molecule has 0 aliphatic carbocycles. The molecule has 0 unspecified atom stereocenters. The van der Waals surface area contributed by atoms with E-state index in [1.807, 2.05) is 60.7 Å². The molecule has 2 amide bonds. The molecule has 0 saturated carbocycles.